The highest BCUT2D eigenvalue weighted by molar-refractivity contribution is 7.11. The number of carbonyl (C=O) groups excluding carboxylic acids is 1. The lowest BCUT2D eigenvalue weighted by molar-refractivity contribution is -0.121. The first-order chi connectivity index (χ1) is 11.7. The summed E-state index contributed by atoms with van der Waals surface area (Å²) >= 11 is 1.57. The van der Waals surface area contributed by atoms with Crippen molar-refractivity contribution in [3.63, 3.8) is 0 Å². The highest BCUT2D eigenvalue weighted by atomic mass is 32.1. The van der Waals surface area contributed by atoms with E-state index < -0.39 is 0 Å². The molecule has 0 bridgehead atoms. The van der Waals surface area contributed by atoms with Crippen molar-refractivity contribution in [2.45, 2.75) is 39.7 Å². The largest absolute Gasteiger partial charge is 0.356 e. The molecule has 0 spiro atoms. The van der Waals surface area contributed by atoms with Crippen LogP contribution in [0.15, 0.2) is 24.3 Å². The van der Waals surface area contributed by atoms with Crippen molar-refractivity contribution in [2.75, 3.05) is 6.54 Å². The molecule has 7 heteroatoms. The Hall–Kier alpha value is -2.28. The summed E-state index contributed by atoms with van der Waals surface area (Å²) in [5.41, 5.74) is 2.08. The number of nitrogens with one attached hydrogen (secondary N) is 1. The molecule has 1 N–H and O–H groups in total. The molecule has 0 unspecified atom stereocenters. The number of para-hydroxylation sites is 2. The zero-order valence-corrected chi connectivity index (χ0v) is 14.8. The van der Waals surface area contributed by atoms with Gasteiger partial charge in [0.1, 0.15) is 15.8 Å². The Labute approximate surface area is 144 Å². The van der Waals surface area contributed by atoms with Gasteiger partial charge in [-0.25, -0.2) is 4.98 Å². The average molecular weight is 343 g/mol. The maximum Gasteiger partial charge on any atom is 0.221 e. The van der Waals surface area contributed by atoms with E-state index in [1.165, 1.54) is 0 Å². The number of carbonyl (C=O) groups is 1. The van der Waals surface area contributed by atoms with E-state index in [0.29, 0.717) is 19.5 Å². The molecule has 2 aromatic heterocycles. The van der Waals surface area contributed by atoms with Gasteiger partial charge in [-0.15, -0.1) is 21.5 Å². The number of amides is 1. The fraction of sp³-hybridized carbons (Fsp3) is 0.412. The quantitative estimate of drug-likeness (QED) is 0.715. The van der Waals surface area contributed by atoms with Crippen LogP contribution in [0.5, 0.6) is 0 Å². The minimum Gasteiger partial charge on any atom is -0.356 e. The van der Waals surface area contributed by atoms with Crippen molar-refractivity contribution < 1.29 is 4.79 Å². The Kier molecular flexibility index (Phi) is 5.20. The molecular formula is C17H21N5OS. The van der Waals surface area contributed by atoms with Crippen LogP contribution in [0.2, 0.25) is 0 Å². The monoisotopic (exact) mass is 343 g/mol. The second kappa shape index (κ2) is 7.53. The molecule has 3 rings (SSSR count). The van der Waals surface area contributed by atoms with Crippen molar-refractivity contribution >= 4 is 28.3 Å². The highest BCUT2D eigenvalue weighted by Crippen LogP contribution is 2.16. The van der Waals surface area contributed by atoms with Gasteiger partial charge in [0.15, 0.2) is 0 Å². The maximum atomic E-state index is 12.1. The summed E-state index contributed by atoms with van der Waals surface area (Å²) < 4.78 is 2.14. The third kappa shape index (κ3) is 3.79. The summed E-state index contributed by atoms with van der Waals surface area (Å²) in [6.45, 7) is 5.26. The first-order valence-electron chi connectivity index (χ1n) is 8.17. The molecular weight excluding hydrogens is 322 g/mol. The molecule has 0 saturated carbocycles. The molecule has 126 valence electrons. The van der Waals surface area contributed by atoms with Crippen LogP contribution in [-0.4, -0.2) is 32.2 Å². The third-order valence-electron chi connectivity index (χ3n) is 3.84. The molecule has 0 radical (unpaired) electrons. The van der Waals surface area contributed by atoms with Gasteiger partial charge in [-0.3, -0.25) is 4.79 Å². The van der Waals surface area contributed by atoms with E-state index in [0.717, 1.165) is 39.7 Å². The summed E-state index contributed by atoms with van der Waals surface area (Å²) in [6.07, 6.45) is 2.03. The van der Waals surface area contributed by atoms with Crippen molar-refractivity contribution in [1.29, 1.82) is 0 Å². The second-order valence-electron chi connectivity index (χ2n) is 5.59. The Bertz CT molecular complexity index is 838. The van der Waals surface area contributed by atoms with Gasteiger partial charge in [0.05, 0.1) is 11.0 Å². The first-order valence-corrected chi connectivity index (χ1v) is 8.99. The molecule has 0 aliphatic heterocycles. The summed E-state index contributed by atoms with van der Waals surface area (Å²) in [6, 6.07) is 8.05. The van der Waals surface area contributed by atoms with Gasteiger partial charge in [-0.05, 0) is 19.1 Å². The van der Waals surface area contributed by atoms with E-state index in [4.69, 9.17) is 0 Å². The van der Waals surface area contributed by atoms with E-state index in [1.807, 2.05) is 25.1 Å². The Morgan fingerprint density at radius 1 is 1.29 bits per heavy atom. The average Bonchev–Trinajstić information content (AvgIpc) is 3.16. The summed E-state index contributed by atoms with van der Waals surface area (Å²) in [4.78, 5) is 16.7. The van der Waals surface area contributed by atoms with Crippen LogP contribution in [-0.2, 0) is 24.2 Å². The third-order valence-corrected chi connectivity index (χ3v) is 4.74. The molecule has 1 aromatic carbocycles. The number of fused-ring (bicyclic) bond motifs is 1. The Morgan fingerprint density at radius 3 is 2.88 bits per heavy atom. The number of rotatable bonds is 7. The second-order valence-corrected chi connectivity index (χ2v) is 6.85. The minimum atomic E-state index is 0.0519. The van der Waals surface area contributed by atoms with E-state index in [1.54, 1.807) is 11.3 Å². The van der Waals surface area contributed by atoms with Gasteiger partial charge >= 0.3 is 0 Å². The topological polar surface area (TPSA) is 72.7 Å². The van der Waals surface area contributed by atoms with E-state index in [2.05, 4.69) is 38.1 Å². The van der Waals surface area contributed by atoms with Crippen molar-refractivity contribution in [3.05, 3.63) is 40.1 Å². The number of hydrogen-bond donors (Lipinski definition) is 1. The summed E-state index contributed by atoms with van der Waals surface area (Å²) in [7, 11) is 0. The van der Waals surface area contributed by atoms with Gasteiger partial charge in [0, 0.05) is 32.4 Å². The number of imidazole rings is 1. The fourth-order valence-corrected chi connectivity index (χ4v) is 3.40. The zero-order chi connectivity index (χ0) is 16.9. The summed E-state index contributed by atoms with van der Waals surface area (Å²) in [5, 5.41) is 12.9. The molecule has 6 nitrogen and oxygen atoms in total. The Balaban J connectivity index is 1.54. The molecule has 0 atom stereocenters. The SMILES string of the molecule is CCc1nc2ccccc2n1CCC(=O)NCCc1nnc(C)s1. The zero-order valence-electron chi connectivity index (χ0n) is 14.0. The maximum absolute atomic E-state index is 12.1. The predicted molar refractivity (Wildman–Crippen MR) is 95.1 cm³/mol. The number of hydrogen-bond acceptors (Lipinski definition) is 5. The molecule has 3 aromatic rings. The van der Waals surface area contributed by atoms with Gasteiger partial charge in [-0.1, -0.05) is 19.1 Å². The predicted octanol–water partition coefficient (Wildman–Crippen LogP) is 2.51. The van der Waals surface area contributed by atoms with E-state index in [9.17, 15) is 4.79 Å². The molecule has 1 amide bonds. The number of aromatic nitrogens is 4. The van der Waals surface area contributed by atoms with E-state index in [-0.39, 0.29) is 5.91 Å². The lowest BCUT2D eigenvalue weighted by Gasteiger charge is -2.08. The number of aryl methyl sites for hydroxylation is 3. The molecule has 0 aliphatic rings. The lowest BCUT2D eigenvalue weighted by Crippen LogP contribution is -2.26. The van der Waals surface area contributed by atoms with Crippen molar-refractivity contribution in [2.24, 2.45) is 0 Å². The van der Waals surface area contributed by atoms with Crippen LogP contribution in [0.4, 0.5) is 0 Å². The molecule has 0 fully saturated rings. The molecule has 0 aliphatic carbocycles. The van der Waals surface area contributed by atoms with Crippen molar-refractivity contribution in [3.8, 4) is 0 Å². The minimum absolute atomic E-state index is 0.0519. The van der Waals surface area contributed by atoms with Crippen LogP contribution in [0, 0.1) is 6.92 Å². The number of nitrogens with zero attached hydrogens (tertiary/aromatic N) is 4. The molecule has 24 heavy (non-hydrogen) atoms. The lowest BCUT2D eigenvalue weighted by atomic mass is 10.3. The van der Waals surface area contributed by atoms with Gasteiger partial charge in [-0.2, -0.15) is 0 Å². The Morgan fingerprint density at radius 2 is 2.12 bits per heavy atom. The highest BCUT2D eigenvalue weighted by Gasteiger charge is 2.10. The van der Waals surface area contributed by atoms with Crippen LogP contribution in [0.3, 0.4) is 0 Å². The molecule has 2 heterocycles. The van der Waals surface area contributed by atoms with Crippen LogP contribution in [0.25, 0.3) is 11.0 Å². The number of benzene rings is 1. The van der Waals surface area contributed by atoms with Gasteiger partial charge < -0.3 is 9.88 Å². The standard InChI is InChI=1S/C17H21N5OS/c1-3-15-19-13-6-4-5-7-14(13)22(15)11-9-16(23)18-10-8-17-21-20-12(2)24-17/h4-7H,3,8-11H2,1-2H3,(H,18,23). The van der Waals surface area contributed by atoms with Gasteiger partial charge in [0.25, 0.3) is 0 Å². The van der Waals surface area contributed by atoms with Crippen LogP contribution >= 0.6 is 11.3 Å². The summed E-state index contributed by atoms with van der Waals surface area (Å²) in [5.74, 6) is 1.07. The molecule has 0 saturated heterocycles. The fourth-order valence-electron chi connectivity index (χ4n) is 2.69. The van der Waals surface area contributed by atoms with Crippen molar-refractivity contribution in [1.82, 2.24) is 25.1 Å². The van der Waals surface area contributed by atoms with E-state index >= 15 is 0 Å². The van der Waals surface area contributed by atoms with Crippen LogP contribution in [0.1, 0.15) is 29.2 Å². The normalized spacial score (nSPS) is 11.1. The first kappa shape index (κ1) is 16.6. The van der Waals surface area contributed by atoms with Crippen LogP contribution < -0.4 is 5.32 Å². The van der Waals surface area contributed by atoms with Gasteiger partial charge in [0.2, 0.25) is 5.91 Å². The smallest absolute Gasteiger partial charge is 0.221 e.